The Labute approximate surface area is 108 Å². The fraction of sp³-hybridized carbons (Fsp3) is 0.273. The lowest BCUT2D eigenvalue weighted by atomic mass is 10.4. The Bertz CT molecular complexity index is 575. The number of hydrogen-bond donors (Lipinski definition) is 2. The minimum Gasteiger partial charge on any atom is -0.459 e. The number of carbonyl (C=O) groups excluding carboxylic acids is 2. The van der Waals surface area contributed by atoms with Crippen molar-refractivity contribution in [1.82, 2.24) is 20.1 Å². The molecule has 0 unspecified atom stereocenters. The van der Waals surface area contributed by atoms with Crippen molar-refractivity contribution < 1.29 is 14.0 Å². The summed E-state index contributed by atoms with van der Waals surface area (Å²) >= 11 is 0. The Morgan fingerprint density at radius 3 is 2.89 bits per heavy atom. The first-order chi connectivity index (χ1) is 9.06. The van der Waals surface area contributed by atoms with E-state index in [-0.39, 0.29) is 30.1 Å². The zero-order chi connectivity index (χ0) is 13.8. The number of nitrogens with one attached hydrogen (secondary N) is 2. The monoisotopic (exact) mass is 263 g/mol. The zero-order valence-corrected chi connectivity index (χ0v) is 10.5. The minimum absolute atomic E-state index is 0.118. The van der Waals surface area contributed by atoms with E-state index in [1.807, 2.05) is 0 Å². The van der Waals surface area contributed by atoms with E-state index in [1.54, 1.807) is 13.0 Å². The van der Waals surface area contributed by atoms with Gasteiger partial charge in [-0.05, 0) is 19.1 Å². The van der Waals surface area contributed by atoms with Gasteiger partial charge in [-0.25, -0.2) is 0 Å². The highest BCUT2D eigenvalue weighted by atomic mass is 16.3. The molecule has 0 aliphatic rings. The molecular weight excluding hydrogens is 250 g/mol. The molecule has 8 nitrogen and oxygen atoms in total. The van der Waals surface area contributed by atoms with Crippen LogP contribution >= 0.6 is 0 Å². The number of hydrogen-bond acceptors (Lipinski definition) is 5. The second-order valence-electron chi connectivity index (χ2n) is 3.93. The second-order valence-corrected chi connectivity index (χ2v) is 3.93. The number of H-pyrrole nitrogens is 1. The summed E-state index contributed by atoms with van der Waals surface area (Å²) in [5, 5.41) is 8.85. The van der Waals surface area contributed by atoms with Gasteiger partial charge in [-0.1, -0.05) is 0 Å². The number of carbonyl (C=O) groups is 2. The molecule has 2 aromatic heterocycles. The topological polar surface area (TPSA) is 104 Å². The number of aromatic amines is 1. The van der Waals surface area contributed by atoms with Crippen LogP contribution in [0.3, 0.4) is 0 Å². The molecule has 2 N–H and O–H groups in total. The van der Waals surface area contributed by atoms with Crippen LogP contribution in [0.5, 0.6) is 0 Å². The average molecular weight is 263 g/mol. The lowest BCUT2D eigenvalue weighted by Gasteiger charge is -2.14. The third kappa shape index (κ3) is 3.18. The molecule has 0 aliphatic heterocycles. The van der Waals surface area contributed by atoms with Crippen LogP contribution in [0.25, 0.3) is 0 Å². The van der Waals surface area contributed by atoms with Crippen LogP contribution in [0, 0.1) is 6.92 Å². The number of likely N-dealkylation sites (N-methyl/N-ethyl adjacent to an activating group) is 1. The van der Waals surface area contributed by atoms with Crippen LogP contribution in [0.15, 0.2) is 22.8 Å². The van der Waals surface area contributed by atoms with E-state index >= 15 is 0 Å². The quantitative estimate of drug-likeness (QED) is 0.831. The van der Waals surface area contributed by atoms with Crippen molar-refractivity contribution in [2.45, 2.75) is 6.92 Å². The normalized spacial score (nSPS) is 10.2. The van der Waals surface area contributed by atoms with Gasteiger partial charge in [0, 0.05) is 7.05 Å². The minimum atomic E-state index is -0.388. The first-order valence-electron chi connectivity index (χ1n) is 5.54. The van der Waals surface area contributed by atoms with Crippen molar-refractivity contribution in [1.29, 1.82) is 0 Å². The van der Waals surface area contributed by atoms with E-state index in [0.717, 1.165) is 0 Å². The largest absolute Gasteiger partial charge is 0.459 e. The van der Waals surface area contributed by atoms with Gasteiger partial charge < -0.3 is 9.32 Å². The third-order valence-corrected chi connectivity index (χ3v) is 2.31. The molecule has 2 rings (SSSR count). The van der Waals surface area contributed by atoms with Crippen molar-refractivity contribution >= 4 is 17.8 Å². The summed E-state index contributed by atoms with van der Waals surface area (Å²) in [7, 11) is 1.51. The fourth-order valence-corrected chi connectivity index (χ4v) is 1.44. The molecule has 2 heterocycles. The van der Waals surface area contributed by atoms with Gasteiger partial charge in [0.05, 0.1) is 6.26 Å². The molecule has 100 valence electrons. The lowest BCUT2D eigenvalue weighted by Crippen LogP contribution is -2.34. The van der Waals surface area contributed by atoms with Gasteiger partial charge in [0.15, 0.2) is 5.76 Å². The molecule has 2 amide bonds. The summed E-state index contributed by atoms with van der Waals surface area (Å²) < 4.78 is 4.97. The maximum atomic E-state index is 11.8. The van der Waals surface area contributed by atoms with E-state index < -0.39 is 0 Å². The van der Waals surface area contributed by atoms with Crippen LogP contribution in [0.2, 0.25) is 0 Å². The van der Waals surface area contributed by atoms with Gasteiger partial charge in [-0.3, -0.25) is 20.0 Å². The third-order valence-electron chi connectivity index (χ3n) is 2.31. The maximum Gasteiger partial charge on any atom is 0.289 e. The number of anilines is 1. The number of nitrogens with zero attached hydrogens (tertiary/aromatic N) is 3. The number of aryl methyl sites for hydroxylation is 1. The first kappa shape index (κ1) is 12.8. The molecule has 0 bridgehead atoms. The van der Waals surface area contributed by atoms with Crippen molar-refractivity contribution in [2.24, 2.45) is 0 Å². The number of amides is 2. The molecule has 0 spiro atoms. The van der Waals surface area contributed by atoms with Crippen LogP contribution < -0.4 is 5.32 Å². The van der Waals surface area contributed by atoms with E-state index in [4.69, 9.17) is 4.42 Å². The van der Waals surface area contributed by atoms with E-state index in [0.29, 0.717) is 5.82 Å². The van der Waals surface area contributed by atoms with Gasteiger partial charge in [0.2, 0.25) is 11.9 Å². The average Bonchev–Trinajstić information content (AvgIpc) is 2.99. The van der Waals surface area contributed by atoms with Gasteiger partial charge >= 0.3 is 0 Å². The maximum absolute atomic E-state index is 11.8. The Kier molecular flexibility index (Phi) is 3.60. The van der Waals surface area contributed by atoms with Gasteiger partial charge in [-0.15, -0.1) is 5.10 Å². The Morgan fingerprint density at radius 1 is 1.53 bits per heavy atom. The standard InChI is InChI=1S/C11H13N5O3/c1-7-12-11(15-14-7)13-9(17)6-16(2)10(18)8-4-3-5-19-8/h3-5H,6H2,1-2H3,(H2,12,13,14,15,17). The molecule has 0 fully saturated rings. The number of rotatable bonds is 4. The molecule has 0 saturated heterocycles. The Balaban J connectivity index is 1.90. The van der Waals surface area contributed by atoms with E-state index in [2.05, 4.69) is 20.5 Å². The molecule has 0 radical (unpaired) electrons. The summed E-state index contributed by atoms with van der Waals surface area (Å²) in [5.74, 6) is 0.202. The number of aromatic nitrogens is 3. The van der Waals surface area contributed by atoms with Gasteiger partial charge in [-0.2, -0.15) is 4.98 Å². The highest BCUT2D eigenvalue weighted by molar-refractivity contribution is 5.97. The predicted molar refractivity (Wildman–Crippen MR) is 65.4 cm³/mol. The van der Waals surface area contributed by atoms with Crippen molar-refractivity contribution in [2.75, 3.05) is 18.9 Å². The van der Waals surface area contributed by atoms with Gasteiger partial charge in [0.25, 0.3) is 5.91 Å². The van der Waals surface area contributed by atoms with Crippen LogP contribution in [0.1, 0.15) is 16.4 Å². The van der Waals surface area contributed by atoms with E-state index in [9.17, 15) is 9.59 Å². The highest BCUT2D eigenvalue weighted by Crippen LogP contribution is 2.04. The van der Waals surface area contributed by atoms with Crippen LogP contribution in [-0.2, 0) is 4.79 Å². The van der Waals surface area contributed by atoms with E-state index in [1.165, 1.54) is 24.3 Å². The summed E-state index contributed by atoms with van der Waals surface area (Å²) in [4.78, 5) is 28.7. The fourth-order valence-electron chi connectivity index (χ4n) is 1.44. The SMILES string of the molecule is Cc1nc(NC(=O)CN(C)C(=O)c2ccco2)n[nH]1. The molecular formula is C11H13N5O3. The molecule has 0 atom stereocenters. The molecule has 0 aromatic carbocycles. The summed E-state index contributed by atoms with van der Waals surface area (Å²) in [6.45, 7) is 1.60. The summed E-state index contributed by atoms with van der Waals surface area (Å²) in [6, 6.07) is 3.15. The first-order valence-corrected chi connectivity index (χ1v) is 5.54. The second kappa shape index (κ2) is 5.34. The summed E-state index contributed by atoms with van der Waals surface area (Å²) in [5.41, 5.74) is 0. The highest BCUT2D eigenvalue weighted by Gasteiger charge is 2.17. The Hall–Kier alpha value is -2.64. The van der Waals surface area contributed by atoms with Crippen molar-refractivity contribution in [3.8, 4) is 0 Å². The van der Waals surface area contributed by atoms with Crippen LogP contribution in [-0.4, -0.2) is 45.5 Å². The van der Waals surface area contributed by atoms with Crippen molar-refractivity contribution in [3.63, 3.8) is 0 Å². The molecule has 0 saturated carbocycles. The Morgan fingerprint density at radius 2 is 2.32 bits per heavy atom. The summed E-state index contributed by atoms with van der Waals surface area (Å²) in [6.07, 6.45) is 1.40. The molecule has 0 aliphatic carbocycles. The van der Waals surface area contributed by atoms with Crippen molar-refractivity contribution in [3.05, 3.63) is 30.0 Å². The molecule has 2 aromatic rings. The predicted octanol–water partition coefficient (Wildman–Crippen LogP) is 0.417. The smallest absolute Gasteiger partial charge is 0.289 e. The molecule has 8 heteroatoms. The zero-order valence-electron chi connectivity index (χ0n) is 10.5. The number of furan rings is 1. The van der Waals surface area contributed by atoms with Crippen LogP contribution in [0.4, 0.5) is 5.95 Å². The molecule has 19 heavy (non-hydrogen) atoms. The lowest BCUT2D eigenvalue weighted by molar-refractivity contribution is -0.116. The van der Waals surface area contributed by atoms with Gasteiger partial charge in [0.1, 0.15) is 12.4 Å².